The van der Waals surface area contributed by atoms with E-state index in [1.807, 2.05) is 30.3 Å². The second kappa shape index (κ2) is 10.4. The molecule has 198 valence electrons. The van der Waals surface area contributed by atoms with Crippen molar-refractivity contribution in [1.29, 1.82) is 0 Å². The van der Waals surface area contributed by atoms with Gasteiger partial charge in [0.1, 0.15) is 11.5 Å². The van der Waals surface area contributed by atoms with Crippen molar-refractivity contribution < 1.29 is 24.0 Å². The number of fused-ring (bicyclic) bond motifs is 2. The molecule has 0 spiro atoms. The summed E-state index contributed by atoms with van der Waals surface area (Å²) >= 11 is 13.0. The summed E-state index contributed by atoms with van der Waals surface area (Å²) in [6.45, 7) is 1.30. The van der Waals surface area contributed by atoms with Gasteiger partial charge < -0.3 is 19.3 Å². The lowest BCUT2D eigenvalue weighted by molar-refractivity contribution is -0.136. The van der Waals surface area contributed by atoms with E-state index in [-0.39, 0.29) is 24.7 Å². The first kappa shape index (κ1) is 25.4. The molecule has 0 radical (unpaired) electrons. The molecule has 3 aliphatic rings. The molecule has 7 nitrogen and oxygen atoms in total. The second-order valence-corrected chi connectivity index (χ2v) is 11.3. The molecule has 2 aromatic carbocycles. The predicted molar refractivity (Wildman–Crippen MR) is 144 cm³/mol. The van der Waals surface area contributed by atoms with Crippen LogP contribution in [0.25, 0.3) is 11.3 Å². The number of carboxylic acid groups (broad SMARTS) is 1. The summed E-state index contributed by atoms with van der Waals surface area (Å²) in [6, 6.07) is 13.3. The van der Waals surface area contributed by atoms with E-state index in [2.05, 4.69) is 10.1 Å². The summed E-state index contributed by atoms with van der Waals surface area (Å²) in [4.78, 5) is 25.4. The van der Waals surface area contributed by atoms with E-state index < -0.39 is 5.97 Å². The number of carbonyl (C=O) groups is 2. The third-order valence-corrected chi connectivity index (χ3v) is 8.60. The van der Waals surface area contributed by atoms with Gasteiger partial charge in [-0.05, 0) is 62.1 Å². The van der Waals surface area contributed by atoms with Crippen molar-refractivity contribution >= 4 is 40.6 Å². The number of hydrogen-bond donors (Lipinski definition) is 1. The Morgan fingerprint density at radius 3 is 2.42 bits per heavy atom. The van der Waals surface area contributed by atoms with Crippen molar-refractivity contribution in [2.24, 2.45) is 5.92 Å². The largest absolute Gasteiger partial charge is 0.481 e. The zero-order valence-electron chi connectivity index (χ0n) is 20.7. The van der Waals surface area contributed by atoms with Crippen LogP contribution in [0.5, 0.6) is 0 Å². The van der Waals surface area contributed by atoms with Gasteiger partial charge in [0, 0.05) is 53.2 Å². The van der Waals surface area contributed by atoms with Crippen LogP contribution < -0.4 is 4.90 Å². The maximum atomic E-state index is 12.2. The van der Waals surface area contributed by atoms with Crippen LogP contribution >= 0.6 is 23.2 Å². The van der Waals surface area contributed by atoms with Crippen LogP contribution in [0.1, 0.15) is 66.1 Å². The first-order valence-corrected chi connectivity index (χ1v) is 13.8. The van der Waals surface area contributed by atoms with Gasteiger partial charge in [0.05, 0.1) is 29.2 Å². The van der Waals surface area contributed by atoms with Gasteiger partial charge in [-0.3, -0.25) is 9.59 Å². The monoisotopic (exact) mass is 554 g/mol. The fourth-order valence-electron chi connectivity index (χ4n) is 5.87. The quantitative estimate of drug-likeness (QED) is 0.277. The zero-order chi connectivity index (χ0) is 26.4. The van der Waals surface area contributed by atoms with Crippen molar-refractivity contribution in [3.05, 3.63) is 69.4 Å². The van der Waals surface area contributed by atoms with Crippen LogP contribution in [0, 0.1) is 5.92 Å². The molecule has 2 aliphatic carbocycles. The number of ketones is 1. The van der Waals surface area contributed by atoms with E-state index >= 15 is 0 Å². The minimum Gasteiger partial charge on any atom is -0.481 e. The highest BCUT2D eigenvalue weighted by Crippen LogP contribution is 2.47. The van der Waals surface area contributed by atoms with Gasteiger partial charge in [-0.25, -0.2) is 0 Å². The van der Waals surface area contributed by atoms with Gasteiger partial charge in [0.25, 0.3) is 0 Å². The number of aromatic nitrogens is 1. The van der Waals surface area contributed by atoms with Gasteiger partial charge in [0.15, 0.2) is 5.78 Å². The van der Waals surface area contributed by atoms with Crippen LogP contribution in [0.15, 0.2) is 47.0 Å². The lowest BCUT2D eigenvalue weighted by atomic mass is 10.0. The molecule has 6 rings (SSSR count). The lowest BCUT2D eigenvalue weighted by Gasteiger charge is -2.33. The second-order valence-electron chi connectivity index (χ2n) is 10.5. The SMILES string of the molecule is O=C(O)CCC(=O)c1ccc(N2C[C@@H]3C[C@H]2C[C@H]3OCc2c(-c3c(Cl)cccc3Cl)noc2C2CC2)cc1. The molecule has 2 saturated carbocycles. The fraction of sp³-hybridized carbons (Fsp3) is 0.414. The van der Waals surface area contributed by atoms with Gasteiger partial charge in [-0.2, -0.15) is 0 Å². The number of halogens is 2. The third kappa shape index (κ3) is 4.95. The Kier molecular flexibility index (Phi) is 6.93. The standard InChI is InChI=1S/C29H28Cl2N2O5/c30-22-2-1-3-23(31)27(22)28-21(29(38-32-28)17-4-5-17)15-37-25-13-20-12-18(25)14-33(20)19-8-6-16(7-9-19)24(34)10-11-26(35)36/h1-3,6-9,17-18,20,25H,4-5,10-15H2,(H,35,36)/t18-,20-,25+/m0/s1. The average Bonchev–Trinajstić information content (AvgIpc) is 3.35. The topological polar surface area (TPSA) is 92.9 Å². The van der Waals surface area contributed by atoms with E-state index in [1.54, 1.807) is 12.1 Å². The Morgan fingerprint density at radius 1 is 1.05 bits per heavy atom. The molecule has 1 N–H and O–H groups in total. The molecule has 1 aromatic heterocycles. The lowest BCUT2D eigenvalue weighted by Crippen LogP contribution is -2.38. The summed E-state index contributed by atoms with van der Waals surface area (Å²) in [5.74, 6) is 0.571. The first-order chi connectivity index (χ1) is 18.4. The smallest absolute Gasteiger partial charge is 0.303 e. The first-order valence-electron chi connectivity index (χ1n) is 13.0. The summed E-state index contributed by atoms with van der Waals surface area (Å²) < 4.78 is 12.3. The molecule has 38 heavy (non-hydrogen) atoms. The molecular formula is C29H28Cl2N2O5. The highest BCUT2D eigenvalue weighted by atomic mass is 35.5. The van der Waals surface area contributed by atoms with Gasteiger partial charge in [-0.1, -0.05) is 34.4 Å². The Bertz CT molecular complexity index is 1350. The number of piperidine rings is 1. The van der Waals surface area contributed by atoms with Crippen molar-refractivity contribution in [2.45, 2.75) is 63.2 Å². The Morgan fingerprint density at radius 2 is 1.79 bits per heavy atom. The molecule has 1 aliphatic heterocycles. The van der Waals surface area contributed by atoms with Crippen LogP contribution in [0.4, 0.5) is 5.69 Å². The van der Waals surface area contributed by atoms with E-state index in [1.165, 1.54) is 0 Å². The molecule has 2 bridgehead atoms. The number of carbonyl (C=O) groups excluding carboxylic acids is 1. The number of anilines is 1. The number of hydrogen-bond acceptors (Lipinski definition) is 6. The van der Waals surface area contributed by atoms with Crippen molar-refractivity contribution in [1.82, 2.24) is 5.16 Å². The van der Waals surface area contributed by atoms with Crippen LogP contribution in [-0.4, -0.2) is 40.7 Å². The summed E-state index contributed by atoms with van der Waals surface area (Å²) in [6.07, 6.45) is 4.17. The molecule has 0 unspecified atom stereocenters. The summed E-state index contributed by atoms with van der Waals surface area (Å²) in [5.41, 5.74) is 3.94. The highest BCUT2D eigenvalue weighted by molar-refractivity contribution is 6.39. The molecule has 3 fully saturated rings. The van der Waals surface area contributed by atoms with Gasteiger partial charge in [0.2, 0.25) is 0 Å². The van der Waals surface area contributed by atoms with Crippen molar-refractivity contribution in [3.63, 3.8) is 0 Å². The number of carboxylic acids is 1. The molecule has 2 heterocycles. The molecule has 0 amide bonds. The predicted octanol–water partition coefficient (Wildman–Crippen LogP) is 6.76. The third-order valence-electron chi connectivity index (χ3n) is 7.97. The van der Waals surface area contributed by atoms with Gasteiger partial charge >= 0.3 is 5.97 Å². The molecule has 3 aromatic rings. The van der Waals surface area contributed by atoms with E-state index in [9.17, 15) is 9.59 Å². The van der Waals surface area contributed by atoms with Crippen molar-refractivity contribution in [2.75, 3.05) is 11.4 Å². The molecule has 1 saturated heterocycles. The number of rotatable bonds is 10. The van der Waals surface area contributed by atoms with E-state index in [4.69, 9.17) is 37.6 Å². The minimum atomic E-state index is -0.962. The normalized spacial score (nSPS) is 22.3. The van der Waals surface area contributed by atoms with Crippen LogP contribution in [0.3, 0.4) is 0 Å². The van der Waals surface area contributed by atoms with Crippen molar-refractivity contribution in [3.8, 4) is 11.3 Å². The Hall–Kier alpha value is -2.87. The van der Waals surface area contributed by atoms with Crippen LogP contribution in [0.2, 0.25) is 10.0 Å². The maximum absolute atomic E-state index is 12.2. The number of nitrogens with zero attached hydrogens (tertiary/aromatic N) is 2. The summed E-state index contributed by atoms with van der Waals surface area (Å²) in [5, 5.41) is 14.3. The molecule has 9 heteroatoms. The Balaban J connectivity index is 1.11. The highest BCUT2D eigenvalue weighted by Gasteiger charge is 2.45. The number of Topliss-reactive ketones (excluding diaryl/α,β-unsaturated/α-hetero) is 1. The maximum Gasteiger partial charge on any atom is 0.303 e. The molecular weight excluding hydrogens is 527 g/mol. The Labute approximate surface area is 230 Å². The van der Waals surface area contributed by atoms with Crippen LogP contribution in [-0.2, 0) is 16.1 Å². The average molecular weight is 555 g/mol. The van der Waals surface area contributed by atoms with E-state index in [0.29, 0.717) is 51.4 Å². The fourth-order valence-corrected chi connectivity index (χ4v) is 6.45. The van der Waals surface area contributed by atoms with E-state index in [0.717, 1.165) is 49.2 Å². The molecule has 3 atom stereocenters. The minimum absolute atomic E-state index is 0.0150. The number of benzene rings is 2. The number of ether oxygens (including phenoxy) is 1. The zero-order valence-corrected chi connectivity index (χ0v) is 22.3. The van der Waals surface area contributed by atoms with Gasteiger partial charge in [-0.15, -0.1) is 0 Å². The summed E-state index contributed by atoms with van der Waals surface area (Å²) in [7, 11) is 0. The number of aliphatic carboxylic acids is 1.